The molecule has 42 heavy (non-hydrogen) atoms. The van der Waals surface area contributed by atoms with Crippen molar-refractivity contribution in [2.24, 2.45) is 0 Å². The van der Waals surface area contributed by atoms with Gasteiger partial charge in [0.25, 0.3) is 0 Å². The normalized spacial score (nSPS) is 17.2. The third-order valence-electron chi connectivity index (χ3n) is 8.53. The van der Waals surface area contributed by atoms with E-state index in [2.05, 4.69) is 48.4 Å². The summed E-state index contributed by atoms with van der Waals surface area (Å²) in [6.07, 6.45) is 10.6. The number of rotatable bonds is 6. The van der Waals surface area contributed by atoms with Crippen molar-refractivity contribution < 1.29 is 4.79 Å². The van der Waals surface area contributed by atoms with Crippen molar-refractivity contribution in [2.45, 2.75) is 51.2 Å². The van der Waals surface area contributed by atoms with Crippen LogP contribution < -0.4 is 5.32 Å². The summed E-state index contributed by atoms with van der Waals surface area (Å²) in [5, 5.41) is 3.83. The molecular formula is C32H33Cl2N7O. The molecule has 216 valence electrons. The van der Waals surface area contributed by atoms with Gasteiger partial charge in [0.1, 0.15) is 6.33 Å². The maximum Gasteiger partial charge on any atom is 0.317 e. The SMILES string of the molecule is Cc1cc(-c2ccc3c(c2)CCC3N2CCC(N(C)C(=O)NCc3ccc(-c4cnccn4)c(Cl)c3Cl)CC2)ncn1. The summed E-state index contributed by atoms with van der Waals surface area (Å²) in [6.45, 7) is 4.21. The quantitative estimate of drug-likeness (QED) is 0.271. The van der Waals surface area contributed by atoms with Crippen LogP contribution in [0.2, 0.25) is 10.0 Å². The van der Waals surface area contributed by atoms with E-state index in [-0.39, 0.29) is 18.6 Å². The van der Waals surface area contributed by atoms with E-state index < -0.39 is 0 Å². The first-order valence-electron chi connectivity index (χ1n) is 14.3. The zero-order valence-electron chi connectivity index (χ0n) is 23.7. The molecule has 1 unspecified atom stereocenters. The van der Waals surface area contributed by atoms with Crippen LogP contribution >= 0.6 is 23.2 Å². The van der Waals surface area contributed by atoms with Crippen LogP contribution in [0.1, 0.15) is 47.7 Å². The Labute approximate surface area is 256 Å². The number of carbonyl (C=O) groups is 1. The van der Waals surface area contributed by atoms with E-state index in [1.54, 1.807) is 24.9 Å². The molecule has 0 radical (unpaired) electrons. The lowest BCUT2D eigenvalue weighted by Crippen LogP contribution is -2.49. The van der Waals surface area contributed by atoms with Gasteiger partial charge < -0.3 is 10.2 Å². The van der Waals surface area contributed by atoms with Crippen LogP contribution in [-0.4, -0.2) is 61.9 Å². The molecule has 0 saturated carbocycles. The number of amides is 2. The minimum Gasteiger partial charge on any atom is -0.334 e. The number of hydrogen-bond acceptors (Lipinski definition) is 6. The first kappa shape index (κ1) is 28.5. The highest BCUT2D eigenvalue weighted by Gasteiger charge is 2.33. The Bertz CT molecular complexity index is 1590. The van der Waals surface area contributed by atoms with Crippen LogP contribution in [0.25, 0.3) is 22.5 Å². The number of nitrogens with zero attached hydrogens (tertiary/aromatic N) is 6. The lowest BCUT2D eigenvalue weighted by Gasteiger charge is -2.39. The van der Waals surface area contributed by atoms with Gasteiger partial charge in [0.2, 0.25) is 0 Å². The second-order valence-electron chi connectivity index (χ2n) is 11.0. The number of nitrogens with one attached hydrogen (secondary N) is 1. The zero-order chi connectivity index (χ0) is 29.2. The Morgan fingerprint density at radius 2 is 1.83 bits per heavy atom. The topological polar surface area (TPSA) is 87.1 Å². The van der Waals surface area contributed by atoms with Gasteiger partial charge >= 0.3 is 6.03 Å². The van der Waals surface area contributed by atoms with Crippen molar-refractivity contribution in [3.8, 4) is 22.5 Å². The van der Waals surface area contributed by atoms with Crippen molar-refractivity contribution in [3.05, 3.63) is 93.7 Å². The van der Waals surface area contributed by atoms with Crippen LogP contribution in [0.5, 0.6) is 0 Å². The van der Waals surface area contributed by atoms with Gasteiger partial charge in [-0.2, -0.15) is 0 Å². The summed E-state index contributed by atoms with van der Waals surface area (Å²) in [6, 6.07) is 13.0. The zero-order valence-corrected chi connectivity index (χ0v) is 25.2. The molecule has 3 heterocycles. The van der Waals surface area contributed by atoms with Crippen LogP contribution in [0.3, 0.4) is 0 Å². The molecule has 1 aliphatic heterocycles. The third kappa shape index (κ3) is 5.84. The van der Waals surface area contributed by atoms with Gasteiger partial charge in [0, 0.05) is 68.0 Å². The minimum atomic E-state index is -0.114. The van der Waals surface area contributed by atoms with Gasteiger partial charge in [-0.15, -0.1) is 0 Å². The molecule has 10 heteroatoms. The molecule has 0 spiro atoms. The second kappa shape index (κ2) is 12.3. The molecule has 6 rings (SSSR count). The molecular weight excluding hydrogens is 569 g/mol. The van der Waals surface area contributed by atoms with Crippen molar-refractivity contribution in [3.63, 3.8) is 0 Å². The van der Waals surface area contributed by atoms with Crippen molar-refractivity contribution in [1.29, 1.82) is 0 Å². The molecule has 1 fully saturated rings. The number of aromatic nitrogens is 4. The number of benzene rings is 2. The molecule has 8 nitrogen and oxygen atoms in total. The Balaban J connectivity index is 1.03. The van der Waals surface area contributed by atoms with E-state index in [9.17, 15) is 4.79 Å². The van der Waals surface area contributed by atoms with Crippen molar-refractivity contribution >= 4 is 29.2 Å². The highest BCUT2D eigenvalue weighted by molar-refractivity contribution is 6.44. The first-order chi connectivity index (χ1) is 20.4. The molecule has 2 aromatic heterocycles. The number of carbonyl (C=O) groups excluding carboxylic acids is 1. The molecule has 1 atom stereocenters. The highest BCUT2D eigenvalue weighted by Crippen LogP contribution is 2.39. The molecule has 1 aliphatic carbocycles. The summed E-state index contributed by atoms with van der Waals surface area (Å²) >= 11 is 13.1. The van der Waals surface area contributed by atoms with Crippen LogP contribution in [0.4, 0.5) is 4.79 Å². The van der Waals surface area contributed by atoms with E-state index in [0.29, 0.717) is 27.3 Å². The molecule has 2 aliphatic rings. The second-order valence-corrected chi connectivity index (χ2v) is 11.8. The Kier molecular flexibility index (Phi) is 8.38. The highest BCUT2D eigenvalue weighted by atomic mass is 35.5. The molecule has 1 N–H and O–H groups in total. The Morgan fingerprint density at radius 1 is 1.00 bits per heavy atom. The number of piperidine rings is 1. The van der Waals surface area contributed by atoms with E-state index >= 15 is 0 Å². The van der Waals surface area contributed by atoms with Gasteiger partial charge in [0.15, 0.2) is 0 Å². The van der Waals surface area contributed by atoms with E-state index in [1.165, 1.54) is 11.1 Å². The van der Waals surface area contributed by atoms with Gasteiger partial charge in [-0.3, -0.25) is 14.9 Å². The van der Waals surface area contributed by atoms with Crippen molar-refractivity contribution in [1.82, 2.24) is 35.1 Å². The largest absolute Gasteiger partial charge is 0.334 e. The smallest absolute Gasteiger partial charge is 0.317 e. The fraction of sp³-hybridized carbons (Fsp3) is 0.344. The van der Waals surface area contributed by atoms with Crippen LogP contribution in [0.15, 0.2) is 61.3 Å². The van der Waals surface area contributed by atoms with Gasteiger partial charge in [0.05, 0.1) is 27.6 Å². The number of hydrogen-bond donors (Lipinski definition) is 1. The van der Waals surface area contributed by atoms with Gasteiger partial charge in [-0.05, 0) is 61.4 Å². The number of urea groups is 1. The average molecular weight is 603 g/mol. The summed E-state index contributed by atoms with van der Waals surface area (Å²) in [7, 11) is 1.88. The average Bonchev–Trinajstić information content (AvgIpc) is 3.45. The number of halogens is 2. The van der Waals surface area contributed by atoms with Crippen LogP contribution in [-0.2, 0) is 13.0 Å². The monoisotopic (exact) mass is 601 g/mol. The fourth-order valence-electron chi connectivity index (χ4n) is 6.15. The standard InChI is InChI=1S/C32H33Cl2N7O/c1-20-15-27(39-19-38-20)22-3-6-25-21(16-22)5-8-29(25)41-13-9-24(10-14-41)40(2)32(42)37-17-23-4-7-26(31(34)30(23)33)28-18-35-11-12-36-28/h3-4,6-7,11-12,15-16,18-19,24,29H,5,8-10,13-14,17H2,1-2H3,(H,37,42). The van der Waals surface area contributed by atoms with E-state index in [0.717, 1.165) is 61.3 Å². The predicted molar refractivity (Wildman–Crippen MR) is 165 cm³/mol. The number of fused-ring (bicyclic) bond motifs is 1. The molecule has 2 aromatic carbocycles. The lowest BCUT2D eigenvalue weighted by atomic mass is 9.98. The Hall–Kier alpha value is -3.59. The van der Waals surface area contributed by atoms with Crippen molar-refractivity contribution in [2.75, 3.05) is 20.1 Å². The summed E-state index contributed by atoms with van der Waals surface area (Å²) in [5.41, 5.74) is 8.04. The maximum atomic E-state index is 13.1. The fourth-order valence-corrected chi connectivity index (χ4v) is 6.67. The first-order valence-corrected chi connectivity index (χ1v) is 15.0. The van der Waals surface area contributed by atoms with E-state index in [1.807, 2.05) is 37.1 Å². The molecule has 0 bridgehead atoms. The molecule has 1 saturated heterocycles. The predicted octanol–water partition coefficient (Wildman–Crippen LogP) is 6.51. The van der Waals surface area contributed by atoms with Gasteiger partial charge in [-0.1, -0.05) is 47.5 Å². The maximum absolute atomic E-state index is 13.1. The molecule has 4 aromatic rings. The van der Waals surface area contributed by atoms with Crippen LogP contribution in [0, 0.1) is 6.92 Å². The van der Waals surface area contributed by atoms with Gasteiger partial charge in [-0.25, -0.2) is 14.8 Å². The number of likely N-dealkylation sites (tertiary alicyclic amines) is 1. The summed E-state index contributed by atoms with van der Waals surface area (Å²) < 4.78 is 0. The summed E-state index contributed by atoms with van der Waals surface area (Å²) in [5.74, 6) is 0. The Morgan fingerprint density at radius 3 is 2.60 bits per heavy atom. The minimum absolute atomic E-state index is 0.114. The number of aryl methyl sites for hydroxylation is 2. The molecule has 2 amide bonds. The third-order valence-corrected chi connectivity index (χ3v) is 9.45. The van der Waals surface area contributed by atoms with E-state index in [4.69, 9.17) is 23.2 Å². The summed E-state index contributed by atoms with van der Waals surface area (Å²) in [4.78, 5) is 34.6. The lowest BCUT2D eigenvalue weighted by molar-refractivity contribution is 0.106.